The molecule has 0 bridgehead atoms. The number of nitrogens with zero attached hydrogens (tertiary/aromatic N) is 1. The van der Waals surface area contributed by atoms with Crippen molar-refractivity contribution in [3.05, 3.63) is 41.2 Å². The first-order chi connectivity index (χ1) is 10.9. The van der Waals surface area contributed by atoms with E-state index in [-0.39, 0.29) is 12.3 Å². The number of amides is 1. The van der Waals surface area contributed by atoms with Gasteiger partial charge in [-0.3, -0.25) is 4.79 Å². The van der Waals surface area contributed by atoms with Crippen molar-refractivity contribution in [1.82, 2.24) is 10.3 Å². The molecule has 2 N–H and O–H groups in total. The van der Waals surface area contributed by atoms with E-state index in [1.54, 1.807) is 38.1 Å². The number of hydrogen-bond donors (Lipinski definition) is 2. The predicted molar refractivity (Wildman–Crippen MR) is 85.1 cm³/mol. The summed E-state index contributed by atoms with van der Waals surface area (Å²) in [5, 5.41) is 12.2. The number of hydrogen-bond acceptors (Lipinski definition) is 4. The summed E-state index contributed by atoms with van der Waals surface area (Å²) in [5.41, 5.74) is 1.17. The maximum absolute atomic E-state index is 11.9. The summed E-state index contributed by atoms with van der Waals surface area (Å²) in [4.78, 5) is 27.3. The topological polar surface area (TPSA) is 92.4 Å². The number of carbonyl (C=O) groups excluding carboxylic acids is 1. The van der Waals surface area contributed by atoms with E-state index in [0.29, 0.717) is 16.6 Å². The van der Waals surface area contributed by atoms with Crippen molar-refractivity contribution in [2.75, 3.05) is 0 Å². The molecule has 0 unspecified atom stereocenters. The molecule has 0 aliphatic carbocycles. The van der Waals surface area contributed by atoms with Gasteiger partial charge in [-0.05, 0) is 30.2 Å². The molecule has 1 atom stereocenters. The normalized spacial score (nSPS) is 12.2. The van der Waals surface area contributed by atoms with E-state index in [4.69, 9.17) is 21.1 Å². The molecule has 0 saturated heterocycles. The molecular weight excluding hydrogens is 320 g/mol. The number of rotatable bonds is 6. The molecule has 2 aromatic rings. The molecule has 0 aliphatic rings. The van der Waals surface area contributed by atoms with Crippen molar-refractivity contribution in [2.45, 2.75) is 26.3 Å². The maximum Gasteiger partial charge on any atom is 0.326 e. The van der Waals surface area contributed by atoms with Crippen LogP contribution in [0.25, 0.3) is 11.5 Å². The van der Waals surface area contributed by atoms with Crippen LogP contribution in [-0.2, 0) is 16.0 Å². The van der Waals surface area contributed by atoms with Gasteiger partial charge in [0, 0.05) is 10.6 Å². The highest BCUT2D eigenvalue weighted by molar-refractivity contribution is 6.30. The number of carbonyl (C=O) groups is 2. The Morgan fingerprint density at radius 1 is 1.30 bits per heavy atom. The highest BCUT2D eigenvalue weighted by Gasteiger charge is 2.23. The largest absolute Gasteiger partial charge is 0.480 e. The Morgan fingerprint density at radius 3 is 2.52 bits per heavy atom. The third-order valence-corrected chi connectivity index (χ3v) is 3.49. The first kappa shape index (κ1) is 17.0. The molecule has 1 aromatic carbocycles. The van der Waals surface area contributed by atoms with Gasteiger partial charge in [-0.25, -0.2) is 9.78 Å². The highest BCUT2D eigenvalue weighted by atomic mass is 35.5. The summed E-state index contributed by atoms with van der Waals surface area (Å²) < 4.78 is 5.34. The van der Waals surface area contributed by atoms with Crippen LogP contribution < -0.4 is 5.32 Å². The van der Waals surface area contributed by atoms with Crippen molar-refractivity contribution in [1.29, 1.82) is 0 Å². The van der Waals surface area contributed by atoms with Crippen molar-refractivity contribution in [2.24, 2.45) is 5.92 Å². The zero-order valence-electron chi connectivity index (χ0n) is 12.7. The number of aliphatic carboxylic acids is 1. The molecule has 2 rings (SSSR count). The van der Waals surface area contributed by atoms with Crippen LogP contribution in [0.15, 0.2) is 34.9 Å². The summed E-state index contributed by atoms with van der Waals surface area (Å²) in [6.45, 7) is 3.46. The standard InChI is InChI=1S/C16H17ClN2O4/c1-9(2)14(16(21)22)19-13(20)7-12-8-23-15(18-12)10-3-5-11(17)6-4-10/h3-6,8-9,14H,7H2,1-2H3,(H,19,20)(H,21,22)/t14-/m0/s1. The number of aromatic nitrogens is 1. The first-order valence-corrected chi connectivity index (χ1v) is 7.47. The fourth-order valence-corrected chi connectivity index (χ4v) is 2.14. The van der Waals surface area contributed by atoms with Crippen molar-refractivity contribution in [3.63, 3.8) is 0 Å². The molecule has 0 aliphatic heterocycles. The number of carboxylic acids is 1. The first-order valence-electron chi connectivity index (χ1n) is 7.09. The lowest BCUT2D eigenvalue weighted by Gasteiger charge is -2.17. The van der Waals surface area contributed by atoms with Crippen LogP contribution in [0.3, 0.4) is 0 Å². The second kappa shape index (κ2) is 7.28. The van der Waals surface area contributed by atoms with E-state index < -0.39 is 17.9 Å². The second-order valence-electron chi connectivity index (χ2n) is 5.46. The lowest BCUT2D eigenvalue weighted by molar-refractivity contribution is -0.143. The molecule has 7 heteroatoms. The van der Waals surface area contributed by atoms with Gasteiger partial charge in [0.25, 0.3) is 0 Å². The van der Waals surface area contributed by atoms with E-state index in [1.165, 1.54) is 6.26 Å². The second-order valence-corrected chi connectivity index (χ2v) is 5.89. The van der Waals surface area contributed by atoms with Gasteiger partial charge in [0.05, 0.1) is 12.1 Å². The predicted octanol–water partition coefficient (Wildman–Crippen LogP) is 2.76. The number of benzene rings is 1. The van der Waals surface area contributed by atoms with Crippen molar-refractivity contribution in [3.8, 4) is 11.5 Å². The van der Waals surface area contributed by atoms with Crippen LogP contribution in [0.2, 0.25) is 5.02 Å². The summed E-state index contributed by atoms with van der Waals surface area (Å²) in [7, 11) is 0. The van der Waals surface area contributed by atoms with E-state index in [0.717, 1.165) is 5.56 Å². The minimum atomic E-state index is -1.06. The molecule has 6 nitrogen and oxygen atoms in total. The van der Waals surface area contributed by atoms with Crippen LogP contribution in [0.4, 0.5) is 0 Å². The molecule has 0 saturated carbocycles. The SMILES string of the molecule is CC(C)[C@H](NC(=O)Cc1coc(-c2ccc(Cl)cc2)n1)C(=O)O. The Hall–Kier alpha value is -2.34. The van der Waals surface area contributed by atoms with Gasteiger partial charge in [0.15, 0.2) is 0 Å². The Bertz CT molecular complexity index is 694. The Kier molecular flexibility index (Phi) is 5.39. The molecule has 1 amide bonds. The average molecular weight is 337 g/mol. The molecule has 23 heavy (non-hydrogen) atoms. The Labute approximate surface area is 138 Å². The Morgan fingerprint density at radius 2 is 1.96 bits per heavy atom. The quantitative estimate of drug-likeness (QED) is 0.846. The summed E-state index contributed by atoms with van der Waals surface area (Å²) >= 11 is 5.82. The third-order valence-electron chi connectivity index (χ3n) is 3.23. The number of carboxylic acid groups (broad SMARTS) is 1. The number of halogens is 1. The van der Waals surface area contributed by atoms with E-state index in [1.807, 2.05) is 0 Å². The van der Waals surface area contributed by atoms with E-state index in [2.05, 4.69) is 10.3 Å². The van der Waals surface area contributed by atoms with Crippen LogP contribution in [0, 0.1) is 5.92 Å². The monoisotopic (exact) mass is 336 g/mol. The van der Waals surface area contributed by atoms with E-state index >= 15 is 0 Å². The smallest absolute Gasteiger partial charge is 0.326 e. The molecule has 0 spiro atoms. The minimum Gasteiger partial charge on any atom is -0.480 e. The van der Waals surface area contributed by atoms with Gasteiger partial charge in [-0.1, -0.05) is 25.4 Å². The molecule has 1 aromatic heterocycles. The summed E-state index contributed by atoms with van der Waals surface area (Å²) in [5.74, 6) is -1.31. The zero-order valence-corrected chi connectivity index (χ0v) is 13.5. The Balaban J connectivity index is 2.02. The average Bonchev–Trinajstić information content (AvgIpc) is 2.93. The van der Waals surface area contributed by atoms with Gasteiger partial charge >= 0.3 is 5.97 Å². The fraction of sp³-hybridized carbons (Fsp3) is 0.312. The number of oxazole rings is 1. The van der Waals surface area contributed by atoms with Crippen LogP contribution in [0.5, 0.6) is 0 Å². The lowest BCUT2D eigenvalue weighted by atomic mass is 10.0. The van der Waals surface area contributed by atoms with Gasteiger partial charge in [-0.2, -0.15) is 0 Å². The summed E-state index contributed by atoms with van der Waals surface area (Å²) in [6.07, 6.45) is 1.34. The molecule has 0 fully saturated rings. The highest BCUT2D eigenvalue weighted by Crippen LogP contribution is 2.21. The van der Waals surface area contributed by atoms with Gasteiger partial charge < -0.3 is 14.8 Å². The van der Waals surface area contributed by atoms with Crippen LogP contribution in [-0.4, -0.2) is 28.0 Å². The van der Waals surface area contributed by atoms with Gasteiger partial charge in [0.2, 0.25) is 11.8 Å². The van der Waals surface area contributed by atoms with Crippen LogP contribution in [0.1, 0.15) is 19.5 Å². The number of nitrogens with one attached hydrogen (secondary N) is 1. The van der Waals surface area contributed by atoms with Crippen LogP contribution >= 0.6 is 11.6 Å². The van der Waals surface area contributed by atoms with E-state index in [9.17, 15) is 9.59 Å². The van der Waals surface area contributed by atoms with Crippen molar-refractivity contribution < 1.29 is 19.1 Å². The molecule has 122 valence electrons. The van der Waals surface area contributed by atoms with Crippen molar-refractivity contribution >= 4 is 23.5 Å². The lowest BCUT2D eigenvalue weighted by Crippen LogP contribution is -2.44. The van der Waals surface area contributed by atoms with Gasteiger partial charge in [0.1, 0.15) is 12.3 Å². The van der Waals surface area contributed by atoms with Gasteiger partial charge in [-0.15, -0.1) is 0 Å². The third kappa shape index (κ3) is 4.56. The maximum atomic E-state index is 11.9. The fourth-order valence-electron chi connectivity index (χ4n) is 2.02. The molecular formula is C16H17ClN2O4. The molecule has 1 heterocycles. The zero-order chi connectivity index (χ0) is 17.0. The minimum absolute atomic E-state index is 0.0480. The summed E-state index contributed by atoms with van der Waals surface area (Å²) in [6, 6.07) is 6.03. The molecule has 0 radical (unpaired) electrons.